The standard InChI is InChI=1S/C15H21N3O2/c1-11(3-4-13-5-7-14(19)8-6-13)16-10-9-15-17-12(2)20-18-15/h5-8,11,16,19H,3-4,9-10H2,1-2H3. The number of phenolic OH excluding ortho intramolecular Hbond substituents is 1. The Balaban J connectivity index is 1.65. The van der Waals surface area contributed by atoms with Crippen molar-refractivity contribution in [2.45, 2.75) is 39.2 Å². The van der Waals surface area contributed by atoms with E-state index >= 15 is 0 Å². The molecule has 1 unspecified atom stereocenters. The van der Waals surface area contributed by atoms with E-state index in [9.17, 15) is 5.11 Å². The summed E-state index contributed by atoms with van der Waals surface area (Å²) in [6, 6.07) is 7.81. The second kappa shape index (κ2) is 7.05. The fraction of sp³-hybridized carbons (Fsp3) is 0.467. The van der Waals surface area contributed by atoms with Crippen LogP contribution >= 0.6 is 0 Å². The van der Waals surface area contributed by atoms with E-state index < -0.39 is 0 Å². The molecule has 1 aromatic carbocycles. The summed E-state index contributed by atoms with van der Waals surface area (Å²) in [5.74, 6) is 1.68. The van der Waals surface area contributed by atoms with Crippen molar-refractivity contribution in [3.63, 3.8) is 0 Å². The van der Waals surface area contributed by atoms with Gasteiger partial charge >= 0.3 is 0 Å². The van der Waals surface area contributed by atoms with Gasteiger partial charge in [-0.05, 0) is 37.5 Å². The van der Waals surface area contributed by atoms with E-state index in [4.69, 9.17) is 4.52 Å². The van der Waals surface area contributed by atoms with Gasteiger partial charge in [-0.25, -0.2) is 0 Å². The summed E-state index contributed by atoms with van der Waals surface area (Å²) in [5.41, 5.74) is 1.24. The van der Waals surface area contributed by atoms with Gasteiger partial charge in [-0.3, -0.25) is 0 Å². The largest absolute Gasteiger partial charge is 0.508 e. The molecule has 1 heterocycles. The van der Waals surface area contributed by atoms with E-state index in [1.165, 1.54) is 5.56 Å². The molecule has 0 saturated carbocycles. The lowest BCUT2D eigenvalue weighted by atomic mass is 10.1. The minimum atomic E-state index is 0.315. The van der Waals surface area contributed by atoms with Gasteiger partial charge < -0.3 is 14.9 Å². The third-order valence-electron chi connectivity index (χ3n) is 3.21. The predicted octanol–water partition coefficient (Wildman–Crippen LogP) is 2.24. The highest BCUT2D eigenvalue weighted by Gasteiger charge is 2.05. The van der Waals surface area contributed by atoms with Gasteiger partial charge in [0, 0.05) is 25.9 Å². The lowest BCUT2D eigenvalue weighted by Gasteiger charge is -2.13. The fourth-order valence-electron chi connectivity index (χ4n) is 2.02. The molecule has 2 rings (SSSR count). The van der Waals surface area contributed by atoms with Gasteiger partial charge in [0.25, 0.3) is 0 Å². The molecule has 1 aromatic heterocycles. The molecule has 0 fully saturated rings. The van der Waals surface area contributed by atoms with Crippen LogP contribution in [0.2, 0.25) is 0 Å². The molecule has 108 valence electrons. The maximum Gasteiger partial charge on any atom is 0.223 e. The highest BCUT2D eigenvalue weighted by atomic mass is 16.5. The molecule has 0 aliphatic rings. The normalized spacial score (nSPS) is 12.5. The average Bonchev–Trinajstić information content (AvgIpc) is 2.84. The molecule has 5 heteroatoms. The van der Waals surface area contributed by atoms with Crippen molar-refractivity contribution in [3.8, 4) is 5.75 Å². The zero-order valence-electron chi connectivity index (χ0n) is 12.0. The lowest BCUT2D eigenvalue weighted by Crippen LogP contribution is -2.28. The number of rotatable bonds is 7. The van der Waals surface area contributed by atoms with Crippen LogP contribution in [-0.2, 0) is 12.8 Å². The molecule has 0 radical (unpaired) electrons. The number of hydrogen-bond donors (Lipinski definition) is 2. The molecule has 0 saturated heterocycles. The monoisotopic (exact) mass is 275 g/mol. The summed E-state index contributed by atoms with van der Waals surface area (Å²) >= 11 is 0. The molecule has 0 spiro atoms. The average molecular weight is 275 g/mol. The van der Waals surface area contributed by atoms with Crippen LogP contribution in [-0.4, -0.2) is 27.8 Å². The van der Waals surface area contributed by atoms with Gasteiger partial charge in [0.2, 0.25) is 5.89 Å². The Labute approximate surface area is 119 Å². The van der Waals surface area contributed by atoms with Crippen LogP contribution < -0.4 is 5.32 Å². The zero-order valence-corrected chi connectivity index (χ0v) is 12.0. The predicted molar refractivity (Wildman–Crippen MR) is 76.6 cm³/mol. The number of nitrogens with one attached hydrogen (secondary N) is 1. The van der Waals surface area contributed by atoms with Gasteiger partial charge in [0.15, 0.2) is 5.82 Å². The molecule has 0 amide bonds. The molecule has 0 aliphatic carbocycles. The van der Waals surface area contributed by atoms with E-state index in [0.29, 0.717) is 17.7 Å². The van der Waals surface area contributed by atoms with E-state index in [1.54, 1.807) is 19.1 Å². The maximum atomic E-state index is 9.23. The summed E-state index contributed by atoms with van der Waals surface area (Å²) in [6.07, 6.45) is 2.83. The van der Waals surface area contributed by atoms with Crippen LogP contribution in [0, 0.1) is 6.92 Å². The first kappa shape index (κ1) is 14.5. The van der Waals surface area contributed by atoms with Crippen LogP contribution in [0.15, 0.2) is 28.8 Å². The summed E-state index contributed by atoms with van der Waals surface area (Å²) in [7, 11) is 0. The minimum Gasteiger partial charge on any atom is -0.508 e. The Hall–Kier alpha value is -1.88. The fourth-order valence-corrected chi connectivity index (χ4v) is 2.02. The van der Waals surface area contributed by atoms with Crippen molar-refractivity contribution in [1.82, 2.24) is 15.5 Å². The van der Waals surface area contributed by atoms with Gasteiger partial charge in [0.1, 0.15) is 5.75 Å². The van der Waals surface area contributed by atoms with Crippen molar-refractivity contribution in [3.05, 3.63) is 41.5 Å². The molecule has 2 N–H and O–H groups in total. The number of aromatic nitrogens is 2. The number of benzene rings is 1. The first-order valence-electron chi connectivity index (χ1n) is 6.94. The summed E-state index contributed by atoms with van der Waals surface area (Å²) in [5, 5.41) is 16.5. The number of aromatic hydroxyl groups is 1. The van der Waals surface area contributed by atoms with Gasteiger partial charge in [-0.15, -0.1) is 0 Å². The van der Waals surface area contributed by atoms with E-state index in [-0.39, 0.29) is 0 Å². The van der Waals surface area contributed by atoms with Gasteiger partial charge in [0.05, 0.1) is 0 Å². The Morgan fingerprint density at radius 1 is 1.25 bits per heavy atom. The molecule has 0 aliphatic heterocycles. The smallest absolute Gasteiger partial charge is 0.223 e. The number of nitrogens with zero attached hydrogens (tertiary/aromatic N) is 2. The summed E-state index contributed by atoms with van der Waals surface area (Å²) in [6.45, 7) is 4.81. The summed E-state index contributed by atoms with van der Waals surface area (Å²) < 4.78 is 4.93. The molecular weight excluding hydrogens is 254 g/mol. The molecule has 5 nitrogen and oxygen atoms in total. The third-order valence-corrected chi connectivity index (χ3v) is 3.21. The Morgan fingerprint density at radius 3 is 2.65 bits per heavy atom. The highest BCUT2D eigenvalue weighted by molar-refractivity contribution is 5.25. The van der Waals surface area contributed by atoms with Crippen molar-refractivity contribution in [2.75, 3.05) is 6.54 Å². The minimum absolute atomic E-state index is 0.315. The number of hydrogen-bond acceptors (Lipinski definition) is 5. The topological polar surface area (TPSA) is 71.2 Å². The number of phenols is 1. The Kier molecular flexibility index (Phi) is 5.12. The molecule has 2 aromatic rings. The zero-order chi connectivity index (χ0) is 14.4. The molecular formula is C15H21N3O2. The van der Waals surface area contributed by atoms with Crippen molar-refractivity contribution in [1.29, 1.82) is 0 Å². The Morgan fingerprint density at radius 2 is 2.00 bits per heavy atom. The van der Waals surface area contributed by atoms with Crippen LogP contribution in [0.3, 0.4) is 0 Å². The van der Waals surface area contributed by atoms with E-state index in [0.717, 1.165) is 31.6 Å². The quantitative estimate of drug-likeness (QED) is 0.811. The van der Waals surface area contributed by atoms with E-state index in [2.05, 4.69) is 22.4 Å². The van der Waals surface area contributed by atoms with Crippen LogP contribution in [0.5, 0.6) is 5.75 Å². The summed E-state index contributed by atoms with van der Waals surface area (Å²) in [4.78, 5) is 4.17. The van der Waals surface area contributed by atoms with Crippen molar-refractivity contribution < 1.29 is 9.63 Å². The first-order valence-corrected chi connectivity index (χ1v) is 6.94. The second-order valence-electron chi connectivity index (χ2n) is 5.04. The lowest BCUT2D eigenvalue weighted by molar-refractivity contribution is 0.386. The Bertz CT molecular complexity index is 522. The molecule has 1 atom stereocenters. The van der Waals surface area contributed by atoms with Crippen molar-refractivity contribution >= 4 is 0 Å². The van der Waals surface area contributed by atoms with Crippen LogP contribution in [0.25, 0.3) is 0 Å². The number of aryl methyl sites for hydroxylation is 2. The second-order valence-corrected chi connectivity index (χ2v) is 5.04. The SMILES string of the molecule is Cc1nc(CCNC(C)CCc2ccc(O)cc2)no1. The van der Waals surface area contributed by atoms with Crippen molar-refractivity contribution in [2.24, 2.45) is 0 Å². The van der Waals surface area contributed by atoms with Crippen LogP contribution in [0.1, 0.15) is 30.6 Å². The third kappa shape index (κ3) is 4.66. The molecule has 0 bridgehead atoms. The van der Waals surface area contributed by atoms with Crippen LogP contribution in [0.4, 0.5) is 0 Å². The van der Waals surface area contributed by atoms with Gasteiger partial charge in [-0.2, -0.15) is 4.98 Å². The first-order chi connectivity index (χ1) is 9.63. The molecule has 20 heavy (non-hydrogen) atoms. The van der Waals surface area contributed by atoms with Gasteiger partial charge in [-0.1, -0.05) is 17.3 Å². The highest BCUT2D eigenvalue weighted by Crippen LogP contribution is 2.11. The van der Waals surface area contributed by atoms with E-state index in [1.807, 2.05) is 12.1 Å². The maximum absolute atomic E-state index is 9.23.